The highest BCUT2D eigenvalue weighted by Gasteiger charge is 2.43. The largest absolute Gasteiger partial charge is 0.310 e. The summed E-state index contributed by atoms with van der Waals surface area (Å²) in [7, 11) is 0. The van der Waals surface area contributed by atoms with Gasteiger partial charge in [-0.2, -0.15) is 0 Å². The Morgan fingerprint density at radius 1 is 1.39 bits per heavy atom. The molecule has 2 aliphatic carbocycles. The topological polar surface area (TPSA) is 12.0 Å². The molecule has 2 fully saturated rings. The number of nitrogens with one attached hydrogen (secondary N) is 1. The van der Waals surface area contributed by atoms with Gasteiger partial charge < -0.3 is 5.32 Å². The van der Waals surface area contributed by atoms with E-state index in [-0.39, 0.29) is 0 Å². The summed E-state index contributed by atoms with van der Waals surface area (Å²) in [5, 5.41) is 6.11. The van der Waals surface area contributed by atoms with E-state index in [1.807, 2.05) is 11.3 Å². The van der Waals surface area contributed by atoms with E-state index in [1.54, 1.807) is 5.56 Å². The van der Waals surface area contributed by atoms with E-state index in [1.165, 1.54) is 37.0 Å². The Morgan fingerprint density at radius 3 is 2.83 bits per heavy atom. The molecule has 2 aliphatic rings. The van der Waals surface area contributed by atoms with Gasteiger partial charge in [0.15, 0.2) is 0 Å². The lowest BCUT2D eigenvalue weighted by molar-refractivity contribution is 0.251. The third-order valence-electron chi connectivity index (χ3n) is 5.07. The zero-order chi connectivity index (χ0) is 12.5. The second-order valence-electron chi connectivity index (χ2n) is 6.20. The SMILES string of the molecule is CCCNC(c1ccsc1C)C1CC2CCC1C2. The van der Waals surface area contributed by atoms with Gasteiger partial charge in [0.25, 0.3) is 0 Å². The van der Waals surface area contributed by atoms with Crippen molar-refractivity contribution >= 4 is 11.3 Å². The van der Waals surface area contributed by atoms with Gasteiger partial charge in [-0.3, -0.25) is 0 Å². The van der Waals surface area contributed by atoms with Crippen LogP contribution in [-0.2, 0) is 0 Å². The zero-order valence-electron chi connectivity index (χ0n) is 11.6. The molecule has 1 aromatic rings. The van der Waals surface area contributed by atoms with Crippen LogP contribution in [0.25, 0.3) is 0 Å². The predicted molar refractivity (Wildman–Crippen MR) is 79.0 cm³/mol. The quantitative estimate of drug-likeness (QED) is 0.823. The summed E-state index contributed by atoms with van der Waals surface area (Å²) in [6, 6.07) is 2.99. The number of hydrogen-bond acceptors (Lipinski definition) is 2. The van der Waals surface area contributed by atoms with Gasteiger partial charge in [-0.25, -0.2) is 0 Å². The molecule has 2 heteroatoms. The fraction of sp³-hybridized carbons (Fsp3) is 0.750. The summed E-state index contributed by atoms with van der Waals surface area (Å²) < 4.78 is 0. The third-order valence-corrected chi connectivity index (χ3v) is 5.93. The molecule has 1 heterocycles. The highest BCUT2D eigenvalue weighted by molar-refractivity contribution is 7.10. The maximum atomic E-state index is 3.85. The van der Waals surface area contributed by atoms with Crippen molar-refractivity contribution < 1.29 is 0 Å². The summed E-state index contributed by atoms with van der Waals surface area (Å²) in [5.74, 6) is 2.96. The Bertz CT molecular complexity index is 398. The van der Waals surface area contributed by atoms with Crippen LogP contribution in [-0.4, -0.2) is 6.54 Å². The minimum Gasteiger partial charge on any atom is -0.310 e. The van der Waals surface area contributed by atoms with Gasteiger partial charge in [0.2, 0.25) is 0 Å². The van der Waals surface area contributed by atoms with Crippen molar-refractivity contribution in [2.75, 3.05) is 6.54 Å². The van der Waals surface area contributed by atoms with E-state index in [2.05, 4.69) is 30.6 Å². The average Bonchev–Trinajstić information content (AvgIpc) is 3.07. The Morgan fingerprint density at radius 2 is 2.28 bits per heavy atom. The number of hydrogen-bond donors (Lipinski definition) is 1. The molecule has 1 nitrogen and oxygen atoms in total. The Kier molecular flexibility index (Phi) is 3.76. The molecule has 0 aliphatic heterocycles. The lowest BCUT2D eigenvalue weighted by Gasteiger charge is -2.31. The fourth-order valence-corrected chi connectivity index (χ4v) is 4.96. The second-order valence-corrected chi connectivity index (χ2v) is 7.32. The maximum absolute atomic E-state index is 3.85. The molecule has 3 rings (SSSR count). The monoisotopic (exact) mass is 263 g/mol. The van der Waals surface area contributed by atoms with Gasteiger partial charge in [0.1, 0.15) is 0 Å². The first-order chi connectivity index (χ1) is 8.79. The Balaban J connectivity index is 1.79. The highest BCUT2D eigenvalue weighted by atomic mass is 32.1. The van der Waals surface area contributed by atoms with E-state index >= 15 is 0 Å². The lowest BCUT2D eigenvalue weighted by Crippen LogP contribution is -2.32. The van der Waals surface area contributed by atoms with Crippen molar-refractivity contribution in [3.05, 3.63) is 21.9 Å². The predicted octanol–water partition coefficient (Wildman–Crippen LogP) is 4.53. The van der Waals surface area contributed by atoms with Crippen LogP contribution in [0.2, 0.25) is 0 Å². The molecule has 4 atom stereocenters. The van der Waals surface area contributed by atoms with Crippen molar-refractivity contribution in [2.45, 2.75) is 52.0 Å². The molecule has 2 saturated carbocycles. The number of aryl methyl sites for hydroxylation is 1. The van der Waals surface area contributed by atoms with Crippen LogP contribution in [0.15, 0.2) is 11.4 Å². The van der Waals surface area contributed by atoms with Crippen LogP contribution >= 0.6 is 11.3 Å². The summed E-state index contributed by atoms with van der Waals surface area (Å²) in [4.78, 5) is 1.52. The molecular formula is C16H25NS. The van der Waals surface area contributed by atoms with Crippen molar-refractivity contribution in [1.29, 1.82) is 0 Å². The molecule has 0 saturated heterocycles. The van der Waals surface area contributed by atoms with Gasteiger partial charge in [0, 0.05) is 10.9 Å². The van der Waals surface area contributed by atoms with Crippen LogP contribution in [0, 0.1) is 24.7 Å². The maximum Gasteiger partial charge on any atom is 0.0362 e. The summed E-state index contributed by atoms with van der Waals surface area (Å²) in [6.45, 7) is 5.72. The number of thiophene rings is 1. The summed E-state index contributed by atoms with van der Waals surface area (Å²) in [5.41, 5.74) is 1.59. The van der Waals surface area contributed by atoms with Crippen LogP contribution < -0.4 is 5.32 Å². The molecule has 100 valence electrons. The molecule has 1 N–H and O–H groups in total. The summed E-state index contributed by atoms with van der Waals surface area (Å²) in [6.07, 6.45) is 7.22. The smallest absolute Gasteiger partial charge is 0.0362 e. The molecule has 2 bridgehead atoms. The van der Waals surface area contributed by atoms with E-state index in [9.17, 15) is 0 Å². The zero-order valence-corrected chi connectivity index (χ0v) is 12.4. The Labute approximate surface area is 115 Å². The van der Waals surface area contributed by atoms with E-state index in [0.29, 0.717) is 6.04 Å². The molecule has 0 spiro atoms. The van der Waals surface area contributed by atoms with Crippen LogP contribution in [0.4, 0.5) is 0 Å². The van der Waals surface area contributed by atoms with Crippen molar-refractivity contribution in [2.24, 2.45) is 17.8 Å². The third kappa shape index (κ3) is 2.25. The number of rotatable bonds is 5. The normalized spacial score (nSPS) is 32.0. The van der Waals surface area contributed by atoms with Crippen molar-refractivity contribution in [3.63, 3.8) is 0 Å². The first-order valence-electron chi connectivity index (χ1n) is 7.57. The minimum absolute atomic E-state index is 0.631. The van der Waals surface area contributed by atoms with Crippen molar-refractivity contribution in [1.82, 2.24) is 5.32 Å². The first-order valence-corrected chi connectivity index (χ1v) is 8.45. The molecule has 18 heavy (non-hydrogen) atoms. The highest BCUT2D eigenvalue weighted by Crippen LogP contribution is 2.53. The summed E-state index contributed by atoms with van der Waals surface area (Å²) >= 11 is 1.91. The number of fused-ring (bicyclic) bond motifs is 2. The van der Waals surface area contributed by atoms with Gasteiger partial charge in [0.05, 0.1) is 0 Å². The first kappa shape index (κ1) is 12.7. The molecule has 0 radical (unpaired) electrons. The molecule has 1 aromatic heterocycles. The minimum atomic E-state index is 0.631. The van der Waals surface area contributed by atoms with Crippen LogP contribution in [0.5, 0.6) is 0 Å². The average molecular weight is 263 g/mol. The van der Waals surface area contributed by atoms with Gasteiger partial charge >= 0.3 is 0 Å². The fourth-order valence-electron chi connectivity index (χ4n) is 4.21. The molecular weight excluding hydrogens is 238 g/mol. The second kappa shape index (κ2) is 5.34. The van der Waals surface area contributed by atoms with E-state index in [0.717, 1.165) is 24.3 Å². The van der Waals surface area contributed by atoms with Crippen molar-refractivity contribution in [3.8, 4) is 0 Å². The van der Waals surface area contributed by atoms with Gasteiger partial charge in [-0.15, -0.1) is 11.3 Å². The molecule has 0 aromatic carbocycles. The van der Waals surface area contributed by atoms with E-state index in [4.69, 9.17) is 0 Å². The molecule has 4 unspecified atom stereocenters. The van der Waals surface area contributed by atoms with Gasteiger partial charge in [-0.1, -0.05) is 13.3 Å². The van der Waals surface area contributed by atoms with Crippen LogP contribution in [0.1, 0.15) is 55.5 Å². The molecule has 0 amide bonds. The van der Waals surface area contributed by atoms with Gasteiger partial charge in [-0.05, 0) is 73.9 Å². The Hall–Kier alpha value is -0.340. The lowest BCUT2D eigenvalue weighted by atomic mass is 9.80. The van der Waals surface area contributed by atoms with E-state index < -0.39 is 0 Å². The van der Waals surface area contributed by atoms with Crippen LogP contribution in [0.3, 0.4) is 0 Å². The standard InChI is InChI=1S/C16H25NS/c1-3-7-17-16(14-6-8-18-11(14)2)15-10-12-4-5-13(15)9-12/h6,8,12-13,15-17H,3-5,7,9-10H2,1-2H3.